The molecule has 2 heterocycles. The third-order valence-electron chi connectivity index (χ3n) is 4.84. The Morgan fingerprint density at radius 3 is 2.43 bits per heavy atom. The monoisotopic (exact) mass is 399 g/mol. The lowest BCUT2D eigenvalue weighted by Crippen LogP contribution is -2.43. The number of thiophene rings is 1. The molecule has 0 spiro atoms. The minimum atomic E-state index is -0.155. The minimum Gasteiger partial charge on any atom is -0.356 e. The number of likely N-dealkylation sites (tertiary alicyclic amines) is 1. The first kappa shape index (κ1) is 20.1. The highest BCUT2D eigenvalue weighted by Gasteiger charge is 2.27. The Balaban J connectivity index is 1.52. The number of amides is 3. The van der Waals surface area contributed by atoms with E-state index in [9.17, 15) is 14.4 Å². The fourth-order valence-corrected chi connectivity index (χ4v) is 3.84. The molecule has 0 aliphatic carbocycles. The van der Waals surface area contributed by atoms with Gasteiger partial charge in [-0.3, -0.25) is 14.4 Å². The number of benzene rings is 1. The molecule has 0 radical (unpaired) electrons. The van der Waals surface area contributed by atoms with Crippen molar-refractivity contribution in [1.29, 1.82) is 0 Å². The maximum Gasteiger partial charge on any atom is 0.265 e. The van der Waals surface area contributed by atoms with E-state index in [-0.39, 0.29) is 23.6 Å². The van der Waals surface area contributed by atoms with Crippen molar-refractivity contribution in [3.8, 4) is 0 Å². The molecule has 1 fully saturated rings. The zero-order valence-electron chi connectivity index (χ0n) is 15.9. The van der Waals surface area contributed by atoms with Crippen LogP contribution in [0.1, 0.15) is 46.2 Å². The van der Waals surface area contributed by atoms with Crippen LogP contribution in [0.5, 0.6) is 0 Å². The third-order valence-corrected chi connectivity index (χ3v) is 5.71. The Bertz CT molecular complexity index is 810. The van der Waals surface area contributed by atoms with Crippen LogP contribution in [0.3, 0.4) is 0 Å². The molecule has 3 rings (SSSR count). The maximum atomic E-state index is 12.7. The summed E-state index contributed by atoms with van der Waals surface area (Å²) in [5.74, 6) is -0.105. The number of carbonyl (C=O) groups is 3. The number of hydrogen-bond donors (Lipinski definition) is 2. The first-order chi connectivity index (χ1) is 13.6. The van der Waals surface area contributed by atoms with Crippen LogP contribution in [0.15, 0.2) is 41.8 Å². The summed E-state index contributed by atoms with van der Waals surface area (Å²) in [6.45, 7) is 3.90. The molecule has 0 unspecified atom stereocenters. The number of nitrogens with one attached hydrogen (secondary N) is 2. The van der Waals surface area contributed by atoms with Gasteiger partial charge in [0, 0.05) is 36.8 Å². The van der Waals surface area contributed by atoms with Gasteiger partial charge in [-0.15, -0.1) is 11.3 Å². The second kappa shape index (κ2) is 9.50. The summed E-state index contributed by atoms with van der Waals surface area (Å²) in [5.41, 5.74) is 1.24. The summed E-state index contributed by atoms with van der Waals surface area (Å²) in [5, 5.41) is 7.62. The van der Waals surface area contributed by atoms with Gasteiger partial charge >= 0.3 is 0 Å². The van der Waals surface area contributed by atoms with E-state index in [2.05, 4.69) is 10.6 Å². The molecule has 1 saturated heterocycles. The van der Waals surface area contributed by atoms with Crippen LogP contribution >= 0.6 is 11.3 Å². The quantitative estimate of drug-likeness (QED) is 0.782. The molecule has 1 aliphatic heterocycles. The SMILES string of the molecule is CCCNC(=O)C1CCN(C(=O)c2ccc(NC(=O)c3cccs3)cc2)CC1. The lowest BCUT2D eigenvalue weighted by Gasteiger charge is -2.31. The van der Waals surface area contributed by atoms with Gasteiger partial charge in [-0.1, -0.05) is 13.0 Å². The van der Waals surface area contributed by atoms with E-state index < -0.39 is 0 Å². The van der Waals surface area contributed by atoms with E-state index >= 15 is 0 Å². The topological polar surface area (TPSA) is 78.5 Å². The van der Waals surface area contributed by atoms with Crippen LogP contribution in [0.25, 0.3) is 0 Å². The molecule has 1 aromatic heterocycles. The van der Waals surface area contributed by atoms with Crippen molar-refractivity contribution in [3.63, 3.8) is 0 Å². The van der Waals surface area contributed by atoms with Gasteiger partial charge in [0.25, 0.3) is 11.8 Å². The number of anilines is 1. The average Bonchev–Trinajstić information content (AvgIpc) is 3.27. The number of carbonyl (C=O) groups excluding carboxylic acids is 3. The van der Waals surface area contributed by atoms with Crippen molar-refractivity contribution >= 4 is 34.7 Å². The van der Waals surface area contributed by atoms with E-state index in [1.54, 1.807) is 35.2 Å². The molecule has 148 valence electrons. The van der Waals surface area contributed by atoms with E-state index in [4.69, 9.17) is 0 Å². The Morgan fingerprint density at radius 1 is 1.11 bits per heavy atom. The standard InChI is InChI=1S/C21H25N3O3S/c1-2-11-22-19(25)15-9-12-24(13-10-15)21(27)16-5-7-17(8-6-16)23-20(26)18-4-3-14-28-18/h3-8,14-15H,2,9-13H2,1H3,(H,22,25)(H,23,26). The normalized spacial score (nSPS) is 14.5. The van der Waals surface area contributed by atoms with Crippen LogP contribution in [0.4, 0.5) is 5.69 Å². The van der Waals surface area contributed by atoms with Crippen LogP contribution < -0.4 is 10.6 Å². The highest BCUT2D eigenvalue weighted by atomic mass is 32.1. The van der Waals surface area contributed by atoms with E-state index in [1.165, 1.54) is 11.3 Å². The molecular formula is C21H25N3O3S. The number of piperidine rings is 1. The molecular weight excluding hydrogens is 374 g/mol. The molecule has 0 atom stereocenters. The molecule has 0 saturated carbocycles. The fourth-order valence-electron chi connectivity index (χ4n) is 3.22. The van der Waals surface area contributed by atoms with Crippen molar-refractivity contribution in [2.75, 3.05) is 25.0 Å². The molecule has 2 N–H and O–H groups in total. The lowest BCUT2D eigenvalue weighted by molar-refractivity contribution is -0.126. The highest BCUT2D eigenvalue weighted by molar-refractivity contribution is 7.12. The van der Waals surface area contributed by atoms with Crippen molar-refractivity contribution in [3.05, 3.63) is 52.2 Å². The summed E-state index contributed by atoms with van der Waals surface area (Å²) in [7, 11) is 0. The second-order valence-electron chi connectivity index (χ2n) is 6.87. The molecule has 6 nitrogen and oxygen atoms in total. The lowest BCUT2D eigenvalue weighted by atomic mass is 9.95. The Labute approximate surface area is 168 Å². The predicted octanol–water partition coefficient (Wildman–Crippen LogP) is 3.38. The maximum absolute atomic E-state index is 12.7. The van der Waals surface area contributed by atoms with E-state index in [0.717, 1.165) is 6.42 Å². The molecule has 3 amide bonds. The molecule has 2 aromatic rings. The number of hydrogen-bond acceptors (Lipinski definition) is 4. The summed E-state index contributed by atoms with van der Waals surface area (Å²) >= 11 is 1.38. The van der Waals surface area contributed by atoms with Crippen LogP contribution in [-0.4, -0.2) is 42.3 Å². The Kier molecular flexibility index (Phi) is 6.81. The summed E-state index contributed by atoms with van der Waals surface area (Å²) < 4.78 is 0. The minimum absolute atomic E-state index is 0.00885. The van der Waals surface area contributed by atoms with Crippen LogP contribution in [-0.2, 0) is 4.79 Å². The van der Waals surface area contributed by atoms with Gasteiger partial charge in [0.2, 0.25) is 5.91 Å². The predicted molar refractivity (Wildman–Crippen MR) is 111 cm³/mol. The average molecular weight is 400 g/mol. The second-order valence-corrected chi connectivity index (χ2v) is 7.81. The molecule has 0 bridgehead atoms. The summed E-state index contributed by atoms with van der Waals surface area (Å²) in [6, 6.07) is 10.5. The van der Waals surface area contributed by atoms with Crippen molar-refractivity contribution in [2.24, 2.45) is 5.92 Å². The first-order valence-corrected chi connectivity index (χ1v) is 10.5. The van der Waals surface area contributed by atoms with Gasteiger partial charge in [0.1, 0.15) is 0 Å². The van der Waals surface area contributed by atoms with Gasteiger partial charge in [-0.2, -0.15) is 0 Å². The van der Waals surface area contributed by atoms with E-state index in [0.29, 0.717) is 48.6 Å². The van der Waals surface area contributed by atoms with Gasteiger partial charge in [0.15, 0.2) is 0 Å². The zero-order valence-corrected chi connectivity index (χ0v) is 16.8. The molecule has 1 aromatic carbocycles. The van der Waals surface area contributed by atoms with Crippen molar-refractivity contribution in [2.45, 2.75) is 26.2 Å². The first-order valence-electron chi connectivity index (χ1n) is 9.60. The van der Waals surface area contributed by atoms with Crippen molar-refractivity contribution in [1.82, 2.24) is 10.2 Å². The summed E-state index contributed by atoms with van der Waals surface area (Å²) in [4.78, 5) is 39.3. The molecule has 1 aliphatic rings. The number of nitrogens with zero attached hydrogens (tertiary/aromatic N) is 1. The number of rotatable bonds is 6. The third kappa shape index (κ3) is 4.98. The molecule has 28 heavy (non-hydrogen) atoms. The van der Waals surface area contributed by atoms with Gasteiger partial charge in [-0.05, 0) is 55.0 Å². The zero-order chi connectivity index (χ0) is 19.9. The fraction of sp³-hybridized carbons (Fsp3) is 0.381. The van der Waals surface area contributed by atoms with Gasteiger partial charge < -0.3 is 15.5 Å². The smallest absolute Gasteiger partial charge is 0.265 e. The van der Waals surface area contributed by atoms with E-state index in [1.807, 2.05) is 18.4 Å². The van der Waals surface area contributed by atoms with Gasteiger partial charge in [0.05, 0.1) is 4.88 Å². The van der Waals surface area contributed by atoms with Crippen molar-refractivity contribution < 1.29 is 14.4 Å². The van der Waals surface area contributed by atoms with Gasteiger partial charge in [-0.25, -0.2) is 0 Å². The molecule has 7 heteroatoms. The Morgan fingerprint density at radius 2 is 1.82 bits per heavy atom. The Hall–Kier alpha value is -2.67. The largest absolute Gasteiger partial charge is 0.356 e. The van der Waals surface area contributed by atoms with Crippen LogP contribution in [0, 0.1) is 5.92 Å². The van der Waals surface area contributed by atoms with Crippen LogP contribution in [0.2, 0.25) is 0 Å². The summed E-state index contributed by atoms with van der Waals surface area (Å²) in [6.07, 6.45) is 2.30. The highest BCUT2D eigenvalue weighted by Crippen LogP contribution is 2.20.